The van der Waals surface area contributed by atoms with E-state index in [-0.39, 0.29) is 42.9 Å². The molecule has 1 fully saturated rings. The average Bonchev–Trinajstić information content (AvgIpc) is 3.02. The maximum absolute atomic E-state index is 14.3. The number of carbonyl (C=O) groups excluding carboxylic acids is 4. The number of hydroxylamine groups is 1. The molecule has 3 aromatic carbocycles. The van der Waals surface area contributed by atoms with Crippen molar-refractivity contribution in [2.75, 3.05) is 7.11 Å². The van der Waals surface area contributed by atoms with E-state index >= 15 is 0 Å². The summed E-state index contributed by atoms with van der Waals surface area (Å²) in [4.78, 5) is 59.7. The number of nitrogens with one attached hydrogen (secondary N) is 2. The molecule has 0 unspecified atom stereocenters. The van der Waals surface area contributed by atoms with E-state index in [1.165, 1.54) is 14.0 Å². The second kappa shape index (κ2) is 14.5. The fourth-order valence-electron chi connectivity index (χ4n) is 6.39. The van der Waals surface area contributed by atoms with Gasteiger partial charge in [0.2, 0.25) is 5.91 Å². The fraction of sp³-hybridized carbons (Fsp3) is 0.353. The number of fused-ring (bicyclic) bond motifs is 1. The lowest BCUT2D eigenvalue weighted by Gasteiger charge is -2.49. The summed E-state index contributed by atoms with van der Waals surface area (Å²) in [5.41, 5.74) is 5.72. The highest BCUT2D eigenvalue weighted by molar-refractivity contribution is 6.35. The molecule has 0 bridgehead atoms. The molecule has 3 aromatic rings. The van der Waals surface area contributed by atoms with E-state index in [4.69, 9.17) is 32.8 Å². The second-order valence-corrected chi connectivity index (χ2v) is 12.2. The number of hydrogen-bond donors (Lipinski definition) is 2. The molecule has 2 aliphatic rings. The van der Waals surface area contributed by atoms with Crippen molar-refractivity contribution in [2.45, 2.75) is 69.7 Å². The van der Waals surface area contributed by atoms with Crippen LogP contribution < -0.4 is 10.8 Å². The standard InChI is InChI=1S/C34H35Cl2N3O6/c1-20(40)37-28-9-5-6-10-29(28)39-32(26-16-15-23(35)18-27(26)36)31(24-7-3-4-8-25(24)34(39)43)33(42)38-45-19-22-13-11-21(12-14-22)17-30(41)44-2/h3-4,7-8,11-16,18,28-29,31-32H,5-6,9-10,17,19H2,1-2H3,(H,37,40)(H,38,42)/t28-,29-,31+,32-/m0/s1. The number of benzene rings is 3. The minimum atomic E-state index is -0.889. The third kappa shape index (κ3) is 7.32. The van der Waals surface area contributed by atoms with Gasteiger partial charge in [0.15, 0.2) is 0 Å². The highest BCUT2D eigenvalue weighted by Gasteiger charge is 2.49. The Morgan fingerprint density at radius 1 is 0.933 bits per heavy atom. The minimum absolute atomic E-state index is 0.0703. The van der Waals surface area contributed by atoms with Crippen LogP contribution in [0.25, 0.3) is 0 Å². The zero-order valence-corrected chi connectivity index (χ0v) is 26.6. The quantitative estimate of drug-likeness (QED) is 0.227. The van der Waals surface area contributed by atoms with E-state index in [2.05, 4.69) is 10.8 Å². The first-order valence-corrected chi connectivity index (χ1v) is 15.6. The van der Waals surface area contributed by atoms with Crippen molar-refractivity contribution in [2.24, 2.45) is 0 Å². The average molecular weight is 653 g/mol. The predicted octanol–water partition coefficient (Wildman–Crippen LogP) is 5.68. The van der Waals surface area contributed by atoms with Crippen LogP contribution in [0.4, 0.5) is 0 Å². The largest absolute Gasteiger partial charge is 0.469 e. The molecule has 5 rings (SSSR count). The summed E-state index contributed by atoms with van der Waals surface area (Å²) in [6, 6.07) is 17.8. The van der Waals surface area contributed by atoms with Crippen LogP contribution in [0.5, 0.6) is 0 Å². The van der Waals surface area contributed by atoms with Crippen LogP contribution in [0.15, 0.2) is 66.7 Å². The van der Waals surface area contributed by atoms with Crippen LogP contribution in [0.1, 0.15) is 77.2 Å². The SMILES string of the molecule is COC(=O)Cc1ccc(CONC(=O)[C@@H]2c3ccccc3C(=O)N([C@H]3CCCC[C@@H]3NC(C)=O)[C@H]2c2ccc(Cl)cc2Cl)cc1. The third-order valence-corrected chi connectivity index (χ3v) is 8.99. The van der Waals surface area contributed by atoms with Crippen molar-refractivity contribution < 1.29 is 28.8 Å². The van der Waals surface area contributed by atoms with Gasteiger partial charge < -0.3 is 15.0 Å². The van der Waals surface area contributed by atoms with Gasteiger partial charge in [0.1, 0.15) is 0 Å². The molecule has 9 nitrogen and oxygen atoms in total. The van der Waals surface area contributed by atoms with Gasteiger partial charge >= 0.3 is 5.97 Å². The zero-order chi connectivity index (χ0) is 32.1. The van der Waals surface area contributed by atoms with Crippen LogP contribution in [0.2, 0.25) is 10.0 Å². The van der Waals surface area contributed by atoms with Crippen molar-refractivity contribution in [3.05, 3.63) is 105 Å². The molecule has 1 heterocycles. The molecular formula is C34H35Cl2N3O6. The highest BCUT2D eigenvalue weighted by Crippen LogP contribution is 2.47. The number of esters is 1. The van der Waals surface area contributed by atoms with Gasteiger partial charge in [-0.3, -0.25) is 24.0 Å². The zero-order valence-electron chi connectivity index (χ0n) is 25.1. The molecule has 0 radical (unpaired) electrons. The molecule has 11 heteroatoms. The van der Waals surface area contributed by atoms with Gasteiger partial charge in [0.25, 0.3) is 11.8 Å². The summed E-state index contributed by atoms with van der Waals surface area (Å²) in [7, 11) is 1.34. The topological polar surface area (TPSA) is 114 Å². The second-order valence-electron chi connectivity index (χ2n) is 11.4. The minimum Gasteiger partial charge on any atom is -0.469 e. The lowest BCUT2D eigenvalue weighted by molar-refractivity contribution is -0.140. The number of rotatable bonds is 9. The van der Waals surface area contributed by atoms with Crippen LogP contribution in [-0.2, 0) is 37.0 Å². The molecule has 236 valence electrons. The van der Waals surface area contributed by atoms with Gasteiger partial charge in [0.05, 0.1) is 38.1 Å². The van der Waals surface area contributed by atoms with Crippen LogP contribution in [0.3, 0.4) is 0 Å². The summed E-state index contributed by atoms with van der Waals surface area (Å²) in [6.45, 7) is 1.54. The Balaban J connectivity index is 1.49. The van der Waals surface area contributed by atoms with Gasteiger partial charge in [-0.2, -0.15) is 0 Å². The van der Waals surface area contributed by atoms with Crippen molar-refractivity contribution in [3.8, 4) is 0 Å². The lowest BCUT2D eigenvalue weighted by Crippen LogP contribution is -2.59. The lowest BCUT2D eigenvalue weighted by atomic mass is 9.76. The highest BCUT2D eigenvalue weighted by atomic mass is 35.5. The summed E-state index contributed by atoms with van der Waals surface area (Å²) in [5.74, 6) is -2.09. The summed E-state index contributed by atoms with van der Waals surface area (Å²) < 4.78 is 4.72. The van der Waals surface area contributed by atoms with Crippen LogP contribution >= 0.6 is 23.2 Å². The van der Waals surface area contributed by atoms with Gasteiger partial charge in [0, 0.05) is 28.6 Å². The van der Waals surface area contributed by atoms with E-state index in [1.54, 1.807) is 59.5 Å². The third-order valence-electron chi connectivity index (χ3n) is 8.43. The Morgan fingerprint density at radius 2 is 1.64 bits per heavy atom. The van der Waals surface area contributed by atoms with E-state index < -0.39 is 17.9 Å². The van der Waals surface area contributed by atoms with Gasteiger partial charge in [-0.1, -0.05) is 84.6 Å². The first-order valence-electron chi connectivity index (χ1n) is 14.9. The maximum Gasteiger partial charge on any atom is 0.309 e. The van der Waals surface area contributed by atoms with Crippen LogP contribution in [-0.4, -0.2) is 47.8 Å². The van der Waals surface area contributed by atoms with Gasteiger partial charge in [-0.15, -0.1) is 0 Å². The molecule has 1 saturated carbocycles. The Morgan fingerprint density at radius 3 is 2.36 bits per heavy atom. The molecule has 1 aliphatic heterocycles. The summed E-state index contributed by atoms with van der Waals surface area (Å²) >= 11 is 13.1. The van der Waals surface area contributed by atoms with E-state index in [0.29, 0.717) is 39.6 Å². The normalized spacial score (nSPS) is 21.1. The maximum atomic E-state index is 14.3. The summed E-state index contributed by atoms with van der Waals surface area (Å²) in [6.07, 6.45) is 3.29. The number of methoxy groups -OCH3 is 1. The molecule has 1 aliphatic carbocycles. The van der Waals surface area contributed by atoms with E-state index in [0.717, 1.165) is 24.0 Å². The van der Waals surface area contributed by atoms with E-state index in [9.17, 15) is 19.2 Å². The number of amides is 3. The van der Waals surface area contributed by atoms with Gasteiger partial charge in [-0.05, 0) is 53.3 Å². The van der Waals surface area contributed by atoms with Crippen LogP contribution in [0, 0.1) is 0 Å². The Kier molecular flexibility index (Phi) is 10.4. The van der Waals surface area contributed by atoms with Crippen molar-refractivity contribution in [1.82, 2.24) is 15.7 Å². The first kappa shape index (κ1) is 32.5. The van der Waals surface area contributed by atoms with Crippen molar-refractivity contribution >= 4 is 46.9 Å². The number of nitrogens with zero attached hydrogens (tertiary/aromatic N) is 1. The molecule has 2 N–H and O–H groups in total. The fourth-order valence-corrected chi connectivity index (χ4v) is 6.91. The molecular weight excluding hydrogens is 617 g/mol. The molecule has 0 saturated heterocycles. The summed E-state index contributed by atoms with van der Waals surface area (Å²) in [5, 5.41) is 3.79. The molecule has 0 aromatic heterocycles. The molecule has 45 heavy (non-hydrogen) atoms. The van der Waals surface area contributed by atoms with E-state index in [1.807, 2.05) is 12.1 Å². The first-order chi connectivity index (χ1) is 21.7. The predicted molar refractivity (Wildman–Crippen MR) is 170 cm³/mol. The number of halogens is 2. The molecule has 3 amide bonds. The number of ether oxygens (including phenoxy) is 1. The Bertz CT molecular complexity index is 1580. The molecule has 4 atom stereocenters. The number of carbonyl (C=O) groups is 4. The van der Waals surface area contributed by atoms with Gasteiger partial charge in [-0.25, -0.2) is 5.48 Å². The molecule has 0 spiro atoms. The Hall–Kier alpha value is -3.92. The smallest absolute Gasteiger partial charge is 0.309 e. The monoisotopic (exact) mass is 651 g/mol. The Labute approximate surface area is 272 Å². The van der Waals surface area contributed by atoms with Crippen molar-refractivity contribution in [3.63, 3.8) is 0 Å². The number of hydrogen-bond acceptors (Lipinski definition) is 6. The van der Waals surface area contributed by atoms with Crippen molar-refractivity contribution in [1.29, 1.82) is 0 Å².